The molecule has 0 bridgehead atoms. The topological polar surface area (TPSA) is 46.0 Å². The fourth-order valence-electron chi connectivity index (χ4n) is 2.44. The molecule has 4 heteroatoms. The van der Waals surface area contributed by atoms with Crippen molar-refractivity contribution in [3.8, 4) is 0 Å². The van der Waals surface area contributed by atoms with Gasteiger partial charge in [-0.3, -0.25) is 0 Å². The van der Waals surface area contributed by atoms with Gasteiger partial charge in [-0.2, -0.15) is 0 Å². The Hall–Kier alpha value is -1.45. The summed E-state index contributed by atoms with van der Waals surface area (Å²) in [5.41, 5.74) is 0.614. The van der Waals surface area contributed by atoms with Crippen LogP contribution in [0.1, 0.15) is 38.3 Å². The quantitative estimate of drug-likeness (QED) is 0.928. The van der Waals surface area contributed by atoms with Gasteiger partial charge in [0.25, 0.3) is 0 Å². The minimum atomic E-state index is -0.978. The summed E-state index contributed by atoms with van der Waals surface area (Å²) in [6, 6.07) is 7.73. The molecule has 1 unspecified atom stereocenters. The van der Waals surface area contributed by atoms with Crippen molar-refractivity contribution in [2.75, 3.05) is 0 Å². The van der Waals surface area contributed by atoms with Crippen molar-refractivity contribution in [3.63, 3.8) is 0 Å². The summed E-state index contributed by atoms with van der Waals surface area (Å²) in [7, 11) is 0. The number of aliphatic hydroxyl groups is 1. The highest BCUT2D eigenvalue weighted by Gasteiger charge is 2.41. The first-order chi connectivity index (χ1) is 9.83. The molecule has 0 saturated carbocycles. The van der Waals surface area contributed by atoms with E-state index in [0.29, 0.717) is 6.42 Å². The van der Waals surface area contributed by atoms with Crippen LogP contribution in [-0.2, 0) is 12.0 Å². The van der Waals surface area contributed by atoms with E-state index in [1.54, 1.807) is 12.4 Å². The van der Waals surface area contributed by atoms with Crippen LogP contribution in [0.15, 0.2) is 43.0 Å². The number of benzene rings is 1. The molecule has 1 aromatic heterocycles. The molecule has 2 rings (SSSR count). The van der Waals surface area contributed by atoms with Gasteiger partial charge in [0, 0.05) is 23.0 Å². The normalized spacial score (nSPS) is 14.7. The molecule has 0 aliphatic rings. The van der Waals surface area contributed by atoms with E-state index in [4.69, 9.17) is 11.6 Å². The first-order valence-corrected chi connectivity index (χ1v) is 7.43. The van der Waals surface area contributed by atoms with Gasteiger partial charge in [-0.05, 0) is 36.0 Å². The number of rotatable bonds is 4. The second-order valence-electron chi connectivity index (χ2n) is 6.36. The van der Waals surface area contributed by atoms with Gasteiger partial charge >= 0.3 is 0 Å². The predicted molar refractivity (Wildman–Crippen MR) is 85.2 cm³/mol. The molecule has 3 nitrogen and oxygen atoms in total. The highest BCUT2D eigenvalue weighted by molar-refractivity contribution is 6.30. The van der Waals surface area contributed by atoms with Crippen LogP contribution in [0.2, 0.25) is 5.02 Å². The van der Waals surface area contributed by atoms with Crippen LogP contribution in [-0.4, -0.2) is 15.1 Å². The van der Waals surface area contributed by atoms with E-state index >= 15 is 0 Å². The number of hydrogen-bond acceptors (Lipinski definition) is 3. The SMILES string of the molecule is CC(C)(C)C(O)(CCc1ccc(Cl)cc1)c1cncnc1. The van der Waals surface area contributed by atoms with Crippen LogP contribution in [0.5, 0.6) is 0 Å². The molecule has 0 fully saturated rings. The molecule has 21 heavy (non-hydrogen) atoms. The molecule has 0 spiro atoms. The van der Waals surface area contributed by atoms with Crippen molar-refractivity contribution in [1.29, 1.82) is 0 Å². The Morgan fingerprint density at radius 2 is 1.62 bits per heavy atom. The van der Waals surface area contributed by atoms with Gasteiger partial charge in [0.05, 0.1) is 5.60 Å². The first kappa shape index (κ1) is 15.9. The molecular formula is C17H21ClN2O. The number of aryl methyl sites for hydroxylation is 1. The number of nitrogens with zero attached hydrogens (tertiary/aromatic N) is 2. The lowest BCUT2D eigenvalue weighted by Gasteiger charge is -2.40. The van der Waals surface area contributed by atoms with Gasteiger partial charge in [-0.25, -0.2) is 9.97 Å². The average Bonchev–Trinajstić information content (AvgIpc) is 2.46. The Bertz CT molecular complexity index is 578. The van der Waals surface area contributed by atoms with Crippen molar-refractivity contribution in [2.45, 2.75) is 39.2 Å². The molecule has 1 N–H and O–H groups in total. The summed E-state index contributed by atoms with van der Waals surface area (Å²) >= 11 is 5.90. The Labute approximate surface area is 131 Å². The average molecular weight is 305 g/mol. The largest absolute Gasteiger partial charge is 0.384 e. The van der Waals surface area contributed by atoms with Crippen molar-refractivity contribution in [1.82, 2.24) is 9.97 Å². The summed E-state index contributed by atoms with van der Waals surface area (Å²) in [6.45, 7) is 6.09. The van der Waals surface area contributed by atoms with Crippen molar-refractivity contribution < 1.29 is 5.11 Å². The lowest BCUT2D eigenvalue weighted by Crippen LogP contribution is -2.40. The van der Waals surface area contributed by atoms with Crippen LogP contribution in [0.3, 0.4) is 0 Å². The molecule has 0 radical (unpaired) electrons. The Balaban J connectivity index is 2.24. The van der Waals surface area contributed by atoms with Crippen molar-refractivity contribution in [3.05, 3.63) is 59.1 Å². The minimum Gasteiger partial charge on any atom is -0.384 e. The van der Waals surface area contributed by atoms with Crippen molar-refractivity contribution in [2.24, 2.45) is 5.41 Å². The molecule has 0 aliphatic heterocycles. The first-order valence-electron chi connectivity index (χ1n) is 7.05. The Morgan fingerprint density at radius 1 is 1.05 bits per heavy atom. The Morgan fingerprint density at radius 3 is 2.14 bits per heavy atom. The molecule has 1 aromatic carbocycles. The second kappa shape index (κ2) is 6.12. The maximum atomic E-state index is 11.2. The van der Waals surface area contributed by atoms with Gasteiger partial charge in [0.1, 0.15) is 6.33 Å². The second-order valence-corrected chi connectivity index (χ2v) is 6.80. The molecule has 0 saturated heterocycles. The fraction of sp³-hybridized carbons (Fsp3) is 0.412. The molecule has 112 valence electrons. The maximum absolute atomic E-state index is 11.2. The molecule has 0 amide bonds. The zero-order chi connectivity index (χ0) is 15.5. The summed E-state index contributed by atoms with van der Waals surface area (Å²) in [5.74, 6) is 0. The molecule has 1 heterocycles. The maximum Gasteiger partial charge on any atom is 0.115 e. The van der Waals surface area contributed by atoms with Crippen LogP contribution in [0, 0.1) is 5.41 Å². The Kier molecular flexibility index (Phi) is 4.64. The summed E-state index contributed by atoms with van der Waals surface area (Å²) in [4.78, 5) is 8.08. The fourth-order valence-corrected chi connectivity index (χ4v) is 2.57. The van der Waals surface area contributed by atoms with Crippen LogP contribution >= 0.6 is 11.6 Å². The highest BCUT2D eigenvalue weighted by Crippen LogP contribution is 2.42. The van der Waals surface area contributed by atoms with E-state index in [2.05, 4.69) is 9.97 Å². The number of halogens is 1. The van der Waals surface area contributed by atoms with Crippen molar-refractivity contribution >= 4 is 11.6 Å². The predicted octanol–water partition coefficient (Wildman–Crippen LogP) is 4.00. The van der Waals surface area contributed by atoms with Crippen LogP contribution < -0.4 is 0 Å². The van der Waals surface area contributed by atoms with Gasteiger partial charge in [0.15, 0.2) is 0 Å². The number of hydrogen-bond donors (Lipinski definition) is 1. The van der Waals surface area contributed by atoms with Gasteiger partial charge < -0.3 is 5.11 Å². The van der Waals surface area contributed by atoms with Gasteiger partial charge in [0.2, 0.25) is 0 Å². The molecular weight excluding hydrogens is 284 g/mol. The monoisotopic (exact) mass is 304 g/mol. The third-order valence-corrected chi connectivity index (χ3v) is 4.22. The molecule has 2 aromatic rings. The number of aromatic nitrogens is 2. The van der Waals surface area contributed by atoms with E-state index < -0.39 is 5.60 Å². The zero-order valence-corrected chi connectivity index (χ0v) is 13.4. The van der Waals surface area contributed by atoms with E-state index in [1.165, 1.54) is 6.33 Å². The summed E-state index contributed by atoms with van der Waals surface area (Å²) in [5, 5.41) is 12.0. The summed E-state index contributed by atoms with van der Waals surface area (Å²) in [6.07, 6.45) is 6.23. The minimum absolute atomic E-state index is 0.315. The molecule has 0 aliphatic carbocycles. The standard InChI is InChI=1S/C17H21ClN2O/c1-16(2,3)17(21,14-10-19-12-20-11-14)9-8-13-4-6-15(18)7-5-13/h4-7,10-12,21H,8-9H2,1-3H3. The third-order valence-electron chi connectivity index (χ3n) is 3.97. The van der Waals surface area contributed by atoms with E-state index in [1.807, 2.05) is 45.0 Å². The van der Waals surface area contributed by atoms with E-state index in [9.17, 15) is 5.11 Å². The highest BCUT2D eigenvalue weighted by atomic mass is 35.5. The molecule has 1 atom stereocenters. The van der Waals surface area contributed by atoms with Crippen LogP contribution in [0.25, 0.3) is 0 Å². The third kappa shape index (κ3) is 3.60. The lowest BCUT2D eigenvalue weighted by molar-refractivity contribution is -0.0715. The lowest BCUT2D eigenvalue weighted by atomic mass is 9.70. The van der Waals surface area contributed by atoms with Crippen LogP contribution in [0.4, 0.5) is 0 Å². The van der Waals surface area contributed by atoms with Gasteiger partial charge in [-0.15, -0.1) is 0 Å². The zero-order valence-electron chi connectivity index (χ0n) is 12.7. The van der Waals surface area contributed by atoms with Gasteiger partial charge in [-0.1, -0.05) is 44.5 Å². The van der Waals surface area contributed by atoms with E-state index in [-0.39, 0.29) is 5.41 Å². The smallest absolute Gasteiger partial charge is 0.115 e. The van der Waals surface area contributed by atoms with E-state index in [0.717, 1.165) is 22.6 Å². The summed E-state index contributed by atoms with van der Waals surface area (Å²) < 4.78 is 0.